The number of benzene rings is 1. The van der Waals surface area contributed by atoms with Gasteiger partial charge in [0.1, 0.15) is 5.75 Å². The van der Waals surface area contributed by atoms with E-state index in [-0.39, 0.29) is 0 Å². The number of piperazine rings is 1. The Kier molecular flexibility index (Phi) is 3.04. The zero-order chi connectivity index (χ0) is 11.7. The van der Waals surface area contributed by atoms with Crippen LogP contribution in [0.25, 0.3) is 0 Å². The van der Waals surface area contributed by atoms with Gasteiger partial charge in [0.25, 0.3) is 0 Å². The van der Waals surface area contributed by atoms with E-state index in [9.17, 15) is 0 Å². The Hall–Kier alpha value is -1.06. The number of fused-ring (bicyclic) bond motifs is 1. The molecule has 2 aliphatic rings. The Balaban J connectivity index is 1.68. The summed E-state index contributed by atoms with van der Waals surface area (Å²) in [6.07, 6.45) is 1.07. The van der Waals surface area contributed by atoms with Crippen molar-refractivity contribution in [1.82, 2.24) is 10.2 Å². The number of nitrogens with one attached hydrogen (secondary N) is 1. The minimum absolute atomic E-state index is 0.613. The standard InChI is InChI=1S/C14H20N2O/c1-11-9-16(6-5-15-11)10-12-2-3-14-13(8-12)4-7-17-14/h2-3,8,11,15H,4-7,9-10H2,1H3. The second kappa shape index (κ2) is 4.67. The van der Waals surface area contributed by atoms with Crippen molar-refractivity contribution in [1.29, 1.82) is 0 Å². The smallest absolute Gasteiger partial charge is 0.122 e. The van der Waals surface area contributed by atoms with E-state index in [0.717, 1.165) is 45.0 Å². The van der Waals surface area contributed by atoms with Crippen molar-refractivity contribution in [2.24, 2.45) is 0 Å². The topological polar surface area (TPSA) is 24.5 Å². The van der Waals surface area contributed by atoms with Crippen LogP contribution in [-0.4, -0.2) is 37.2 Å². The molecule has 1 saturated heterocycles. The van der Waals surface area contributed by atoms with E-state index >= 15 is 0 Å². The van der Waals surface area contributed by atoms with Crippen LogP contribution >= 0.6 is 0 Å². The molecule has 0 aliphatic carbocycles. The van der Waals surface area contributed by atoms with E-state index in [0.29, 0.717) is 6.04 Å². The molecule has 0 bridgehead atoms. The van der Waals surface area contributed by atoms with Gasteiger partial charge in [0.2, 0.25) is 0 Å². The second-order valence-corrected chi connectivity index (χ2v) is 5.13. The van der Waals surface area contributed by atoms with Gasteiger partial charge >= 0.3 is 0 Å². The largest absolute Gasteiger partial charge is 0.493 e. The highest BCUT2D eigenvalue weighted by Gasteiger charge is 2.17. The third-order valence-electron chi connectivity index (χ3n) is 3.61. The number of nitrogens with zero attached hydrogens (tertiary/aromatic N) is 1. The molecule has 1 N–H and O–H groups in total. The first-order valence-electron chi connectivity index (χ1n) is 6.51. The summed E-state index contributed by atoms with van der Waals surface area (Å²) in [4.78, 5) is 2.53. The summed E-state index contributed by atoms with van der Waals surface area (Å²) in [6.45, 7) is 7.58. The van der Waals surface area contributed by atoms with Gasteiger partial charge in [0.15, 0.2) is 0 Å². The number of ether oxygens (including phenoxy) is 1. The quantitative estimate of drug-likeness (QED) is 0.834. The lowest BCUT2D eigenvalue weighted by molar-refractivity contribution is 0.199. The number of hydrogen-bond acceptors (Lipinski definition) is 3. The minimum Gasteiger partial charge on any atom is -0.493 e. The summed E-state index contributed by atoms with van der Waals surface area (Å²) in [7, 11) is 0. The van der Waals surface area contributed by atoms with E-state index in [1.165, 1.54) is 11.1 Å². The molecule has 0 amide bonds. The normalized spacial score (nSPS) is 24.4. The third kappa shape index (κ3) is 2.45. The monoisotopic (exact) mass is 232 g/mol. The summed E-state index contributed by atoms with van der Waals surface area (Å²) < 4.78 is 5.54. The molecule has 17 heavy (non-hydrogen) atoms. The Morgan fingerprint density at radius 3 is 3.29 bits per heavy atom. The maximum absolute atomic E-state index is 5.54. The highest BCUT2D eigenvalue weighted by atomic mass is 16.5. The fourth-order valence-electron chi connectivity index (χ4n) is 2.75. The van der Waals surface area contributed by atoms with Crippen LogP contribution in [0.1, 0.15) is 18.1 Å². The van der Waals surface area contributed by atoms with E-state index in [2.05, 4.69) is 35.3 Å². The molecule has 0 aromatic heterocycles. The predicted octanol–water partition coefficient (Wildman–Crippen LogP) is 1.42. The molecule has 0 spiro atoms. The zero-order valence-electron chi connectivity index (χ0n) is 10.4. The van der Waals surface area contributed by atoms with Gasteiger partial charge in [0, 0.05) is 38.6 Å². The lowest BCUT2D eigenvalue weighted by Crippen LogP contribution is -2.48. The molecule has 0 radical (unpaired) electrons. The average molecular weight is 232 g/mol. The van der Waals surface area contributed by atoms with Crippen molar-refractivity contribution < 1.29 is 4.74 Å². The Labute approximate surface area is 103 Å². The molecule has 3 rings (SSSR count). The van der Waals surface area contributed by atoms with E-state index < -0.39 is 0 Å². The number of rotatable bonds is 2. The van der Waals surface area contributed by atoms with Crippen LogP contribution in [0.2, 0.25) is 0 Å². The van der Waals surface area contributed by atoms with Crippen molar-refractivity contribution in [2.75, 3.05) is 26.2 Å². The highest BCUT2D eigenvalue weighted by molar-refractivity contribution is 5.39. The molecule has 1 aromatic carbocycles. The molecule has 2 aliphatic heterocycles. The van der Waals surface area contributed by atoms with Crippen molar-refractivity contribution >= 4 is 0 Å². The van der Waals surface area contributed by atoms with Crippen LogP contribution in [0, 0.1) is 0 Å². The van der Waals surface area contributed by atoms with E-state index in [1.54, 1.807) is 0 Å². The Bertz CT molecular complexity index is 405. The molecule has 1 atom stereocenters. The SMILES string of the molecule is CC1CN(Cc2ccc3c(c2)CCO3)CCN1. The van der Waals surface area contributed by atoms with Gasteiger partial charge in [-0.3, -0.25) is 4.90 Å². The van der Waals surface area contributed by atoms with Crippen molar-refractivity contribution in [3.63, 3.8) is 0 Å². The highest BCUT2D eigenvalue weighted by Crippen LogP contribution is 2.26. The second-order valence-electron chi connectivity index (χ2n) is 5.13. The summed E-state index contributed by atoms with van der Waals surface area (Å²) in [5, 5.41) is 3.48. The van der Waals surface area contributed by atoms with Gasteiger partial charge in [-0.15, -0.1) is 0 Å². The fraction of sp³-hybridized carbons (Fsp3) is 0.571. The molecule has 2 heterocycles. The van der Waals surface area contributed by atoms with Crippen LogP contribution in [0.4, 0.5) is 0 Å². The molecular formula is C14H20N2O. The summed E-state index contributed by atoms with van der Waals surface area (Å²) in [6, 6.07) is 7.26. The van der Waals surface area contributed by atoms with Crippen LogP contribution in [0.3, 0.4) is 0 Å². The average Bonchev–Trinajstić information content (AvgIpc) is 2.76. The first kappa shape index (κ1) is 11.1. The fourth-order valence-corrected chi connectivity index (χ4v) is 2.75. The van der Waals surface area contributed by atoms with E-state index in [1.807, 2.05) is 0 Å². The summed E-state index contributed by atoms with van der Waals surface area (Å²) in [5.74, 6) is 1.09. The number of hydrogen-bond donors (Lipinski definition) is 1. The molecule has 92 valence electrons. The van der Waals surface area contributed by atoms with Gasteiger partial charge in [0.05, 0.1) is 6.61 Å². The van der Waals surface area contributed by atoms with E-state index in [4.69, 9.17) is 4.74 Å². The van der Waals surface area contributed by atoms with Crippen LogP contribution in [0.15, 0.2) is 18.2 Å². The predicted molar refractivity (Wildman–Crippen MR) is 68.4 cm³/mol. The summed E-state index contributed by atoms with van der Waals surface area (Å²) in [5.41, 5.74) is 2.80. The maximum Gasteiger partial charge on any atom is 0.122 e. The molecule has 3 nitrogen and oxygen atoms in total. The zero-order valence-corrected chi connectivity index (χ0v) is 10.4. The Morgan fingerprint density at radius 1 is 1.47 bits per heavy atom. The van der Waals surface area contributed by atoms with Gasteiger partial charge in [-0.1, -0.05) is 12.1 Å². The van der Waals surface area contributed by atoms with Crippen LogP contribution in [0.5, 0.6) is 5.75 Å². The van der Waals surface area contributed by atoms with Crippen molar-refractivity contribution in [3.05, 3.63) is 29.3 Å². The van der Waals surface area contributed by atoms with Crippen molar-refractivity contribution in [3.8, 4) is 5.75 Å². The molecule has 3 heteroatoms. The first-order chi connectivity index (χ1) is 8.31. The third-order valence-corrected chi connectivity index (χ3v) is 3.61. The summed E-state index contributed by atoms with van der Waals surface area (Å²) >= 11 is 0. The molecular weight excluding hydrogens is 212 g/mol. The van der Waals surface area contributed by atoms with Gasteiger partial charge in [-0.05, 0) is 24.1 Å². The Morgan fingerprint density at radius 2 is 2.41 bits per heavy atom. The molecule has 1 aromatic rings. The van der Waals surface area contributed by atoms with Crippen LogP contribution in [-0.2, 0) is 13.0 Å². The molecule has 1 fully saturated rings. The lowest BCUT2D eigenvalue weighted by Gasteiger charge is -2.31. The minimum atomic E-state index is 0.613. The lowest BCUT2D eigenvalue weighted by atomic mass is 10.1. The molecule has 0 saturated carbocycles. The van der Waals surface area contributed by atoms with Crippen molar-refractivity contribution in [2.45, 2.75) is 25.9 Å². The van der Waals surface area contributed by atoms with Gasteiger partial charge in [-0.25, -0.2) is 0 Å². The first-order valence-corrected chi connectivity index (χ1v) is 6.51. The maximum atomic E-state index is 5.54. The van der Waals surface area contributed by atoms with Gasteiger partial charge < -0.3 is 10.1 Å². The van der Waals surface area contributed by atoms with Crippen LogP contribution < -0.4 is 10.1 Å². The molecule has 1 unspecified atom stereocenters. The van der Waals surface area contributed by atoms with Gasteiger partial charge in [-0.2, -0.15) is 0 Å².